The Kier molecular flexibility index (Phi) is 4.20. The van der Waals surface area contributed by atoms with Crippen LogP contribution in [0.3, 0.4) is 0 Å². The lowest BCUT2D eigenvalue weighted by atomic mass is 10.0. The molecule has 0 aromatic heterocycles. The zero-order valence-electron chi connectivity index (χ0n) is 12.0. The molecule has 0 saturated heterocycles. The Morgan fingerprint density at radius 3 is 2.48 bits per heavy atom. The number of carbonyl (C=O) groups is 1. The number of hydrogen-bond acceptors (Lipinski definition) is 2. The fraction of sp³-hybridized carbons (Fsp3) is 0.278. The first kappa shape index (κ1) is 13.7. The first-order chi connectivity index (χ1) is 10.3. The first-order valence-corrected chi connectivity index (χ1v) is 7.50. The third-order valence-corrected chi connectivity index (χ3v) is 3.62. The number of nitrogens with one attached hydrogen (secondary N) is 2. The molecule has 2 aromatic rings. The summed E-state index contributed by atoms with van der Waals surface area (Å²) in [5.74, 6) is 0.141. The number of anilines is 1. The molecule has 0 spiro atoms. The minimum Gasteiger partial charge on any atom is -0.384 e. The van der Waals surface area contributed by atoms with Crippen LogP contribution in [-0.4, -0.2) is 18.5 Å². The summed E-state index contributed by atoms with van der Waals surface area (Å²) >= 11 is 0. The molecule has 21 heavy (non-hydrogen) atoms. The van der Waals surface area contributed by atoms with Crippen molar-refractivity contribution in [3.63, 3.8) is 0 Å². The van der Waals surface area contributed by atoms with Gasteiger partial charge in [0.2, 0.25) is 5.91 Å². The van der Waals surface area contributed by atoms with Gasteiger partial charge in [-0.2, -0.15) is 0 Å². The second-order valence-electron chi connectivity index (χ2n) is 5.43. The maximum absolute atomic E-state index is 11.7. The molecule has 0 atom stereocenters. The molecule has 0 unspecified atom stereocenters. The number of para-hydroxylation sites is 1. The van der Waals surface area contributed by atoms with Crippen molar-refractivity contribution >= 4 is 11.6 Å². The zero-order valence-corrected chi connectivity index (χ0v) is 12.0. The van der Waals surface area contributed by atoms with Crippen LogP contribution >= 0.6 is 0 Å². The van der Waals surface area contributed by atoms with Gasteiger partial charge in [-0.1, -0.05) is 48.5 Å². The molecule has 3 rings (SSSR count). The minimum absolute atomic E-state index is 0.141. The summed E-state index contributed by atoms with van der Waals surface area (Å²) in [6, 6.07) is 18.9. The monoisotopic (exact) mass is 280 g/mol. The number of hydrogen-bond donors (Lipinski definition) is 2. The topological polar surface area (TPSA) is 41.1 Å². The molecule has 1 fully saturated rings. The Hall–Kier alpha value is -2.29. The summed E-state index contributed by atoms with van der Waals surface area (Å²) < 4.78 is 0. The average Bonchev–Trinajstić information content (AvgIpc) is 3.32. The van der Waals surface area contributed by atoms with Crippen molar-refractivity contribution in [2.24, 2.45) is 0 Å². The second-order valence-corrected chi connectivity index (χ2v) is 5.43. The highest BCUT2D eigenvalue weighted by atomic mass is 16.1. The van der Waals surface area contributed by atoms with E-state index in [1.165, 1.54) is 11.1 Å². The van der Waals surface area contributed by atoms with Gasteiger partial charge < -0.3 is 10.6 Å². The molecule has 2 aromatic carbocycles. The van der Waals surface area contributed by atoms with Crippen LogP contribution in [0, 0.1) is 0 Å². The Bertz CT molecular complexity index is 606. The number of rotatable bonds is 6. The summed E-state index contributed by atoms with van der Waals surface area (Å²) in [7, 11) is 0. The third-order valence-electron chi connectivity index (χ3n) is 3.62. The number of carbonyl (C=O) groups excluding carboxylic acids is 1. The van der Waals surface area contributed by atoms with Gasteiger partial charge in [0, 0.05) is 30.3 Å². The summed E-state index contributed by atoms with van der Waals surface area (Å²) in [6.07, 6.45) is 2.78. The molecule has 0 heterocycles. The highest BCUT2D eigenvalue weighted by Crippen LogP contribution is 2.27. The molecule has 3 nitrogen and oxygen atoms in total. The van der Waals surface area contributed by atoms with Gasteiger partial charge in [0.05, 0.1) is 0 Å². The first-order valence-electron chi connectivity index (χ1n) is 7.50. The minimum atomic E-state index is 0.141. The number of amides is 1. The van der Waals surface area contributed by atoms with E-state index < -0.39 is 0 Å². The highest BCUT2D eigenvalue weighted by Gasteiger charge is 2.22. The molecule has 0 aliphatic heterocycles. The maximum atomic E-state index is 11.7. The zero-order chi connectivity index (χ0) is 14.5. The highest BCUT2D eigenvalue weighted by molar-refractivity contribution is 5.79. The van der Waals surface area contributed by atoms with E-state index in [2.05, 4.69) is 34.9 Å². The van der Waals surface area contributed by atoms with Crippen molar-refractivity contribution in [3.05, 3.63) is 54.6 Å². The molecule has 2 N–H and O–H groups in total. The molecule has 1 aliphatic carbocycles. The van der Waals surface area contributed by atoms with Crippen LogP contribution in [0.4, 0.5) is 5.69 Å². The Balaban J connectivity index is 1.61. The number of benzene rings is 2. The van der Waals surface area contributed by atoms with E-state index in [0.29, 0.717) is 19.0 Å². The lowest BCUT2D eigenvalue weighted by Crippen LogP contribution is -2.27. The van der Waals surface area contributed by atoms with Crippen LogP contribution in [0.1, 0.15) is 19.3 Å². The van der Waals surface area contributed by atoms with Crippen LogP contribution in [-0.2, 0) is 4.79 Å². The van der Waals surface area contributed by atoms with Crippen LogP contribution in [0.15, 0.2) is 54.6 Å². The fourth-order valence-corrected chi connectivity index (χ4v) is 2.34. The quantitative estimate of drug-likeness (QED) is 0.851. The van der Waals surface area contributed by atoms with Crippen molar-refractivity contribution in [2.75, 3.05) is 11.9 Å². The van der Waals surface area contributed by atoms with Gasteiger partial charge in [0.25, 0.3) is 0 Å². The molecule has 0 radical (unpaired) electrons. The van der Waals surface area contributed by atoms with Crippen LogP contribution in [0.25, 0.3) is 11.1 Å². The van der Waals surface area contributed by atoms with Crippen LogP contribution < -0.4 is 10.6 Å². The van der Waals surface area contributed by atoms with Gasteiger partial charge in [0.15, 0.2) is 0 Å². The Labute approximate surface area is 125 Å². The predicted octanol–water partition coefficient (Wildman–Crippen LogP) is 3.43. The fourth-order valence-electron chi connectivity index (χ4n) is 2.34. The van der Waals surface area contributed by atoms with Gasteiger partial charge >= 0.3 is 0 Å². The lowest BCUT2D eigenvalue weighted by Gasteiger charge is -2.12. The average molecular weight is 280 g/mol. The lowest BCUT2D eigenvalue weighted by molar-refractivity contribution is -0.120. The Morgan fingerprint density at radius 1 is 1.00 bits per heavy atom. The molecule has 0 bridgehead atoms. The molecule has 108 valence electrons. The van der Waals surface area contributed by atoms with Gasteiger partial charge in [-0.3, -0.25) is 4.79 Å². The molecule has 1 saturated carbocycles. The van der Waals surface area contributed by atoms with Crippen molar-refractivity contribution in [3.8, 4) is 11.1 Å². The molecule has 3 heteroatoms. The normalized spacial score (nSPS) is 13.7. The SMILES string of the molecule is O=C(CCNc1ccccc1-c1ccccc1)NC1CC1. The third kappa shape index (κ3) is 3.85. The van der Waals surface area contributed by atoms with Gasteiger partial charge in [-0.15, -0.1) is 0 Å². The molecule has 1 amide bonds. The van der Waals surface area contributed by atoms with E-state index in [9.17, 15) is 4.79 Å². The summed E-state index contributed by atoms with van der Waals surface area (Å²) in [5, 5.41) is 6.38. The second kappa shape index (κ2) is 6.44. The predicted molar refractivity (Wildman–Crippen MR) is 86.1 cm³/mol. The van der Waals surface area contributed by atoms with E-state index >= 15 is 0 Å². The largest absolute Gasteiger partial charge is 0.384 e. The summed E-state index contributed by atoms with van der Waals surface area (Å²) in [6.45, 7) is 0.655. The van der Waals surface area contributed by atoms with Crippen LogP contribution in [0.5, 0.6) is 0 Å². The van der Waals surface area contributed by atoms with E-state index in [-0.39, 0.29) is 5.91 Å². The van der Waals surface area contributed by atoms with E-state index in [1.807, 2.05) is 30.3 Å². The van der Waals surface area contributed by atoms with Crippen LogP contribution in [0.2, 0.25) is 0 Å². The maximum Gasteiger partial charge on any atom is 0.221 e. The van der Waals surface area contributed by atoms with Crippen molar-refractivity contribution in [1.29, 1.82) is 0 Å². The molecule has 1 aliphatic rings. The van der Waals surface area contributed by atoms with Gasteiger partial charge in [0.1, 0.15) is 0 Å². The Morgan fingerprint density at radius 2 is 1.71 bits per heavy atom. The van der Waals surface area contributed by atoms with E-state index in [0.717, 1.165) is 18.5 Å². The molecular weight excluding hydrogens is 260 g/mol. The standard InChI is InChI=1S/C18H20N2O/c21-18(20-15-10-11-15)12-13-19-17-9-5-4-8-16(17)14-6-2-1-3-7-14/h1-9,15,19H,10-13H2,(H,20,21). The van der Waals surface area contributed by atoms with Crippen molar-refractivity contribution in [2.45, 2.75) is 25.3 Å². The van der Waals surface area contributed by atoms with E-state index in [1.54, 1.807) is 0 Å². The van der Waals surface area contributed by atoms with E-state index in [4.69, 9.17) is 0 Å². The summed E-state index contributed by atoms with van der Waals surface area (Å²) in [4.78, 5) is 11.7. The smallest absolute Gasteiger partial charge is 0.221 e. The van der Waals surface area contributed by atoms with Crippen molar-refractivity contribution in [1.82, 2.24) is 5.32 Å². The van der Waals surface area contributed by atoms with Crippen molar-refractivity contribution < 1.29 is 4.79 Å². The van der Waals surface area contributed by atoms with Gasteiger partial charge in [-0.25, -0.2) is 0 Å². The molecular formula is C18H20N2O. The summed E-state index contributed by atoms with van der Waals surface area (Å²) in [5.41, 5.74) is 3.42. The van der Waals surface area contributed by atoms with Gasteiger partial charge in [-0.05, 0) is 24.5 Å².